The Bertz CT molecular complexity index is 938. The average molecular weight is 430 g/mol. The molecule has 2 aromatic rings. The van der Waals surface area contributed by atoms with Crippen LogP contribution in [0.15, 0.2) is 36.7 Å². The summed E-state index contributed by atoms with van der Waals surface area (Å²) in [7, 11) is 1.06. The van der Waals surface area contributed by atoms with Crippen LogP contribution in [0.25, 0.3) is 0 Å². The summed E-state index contributed by atoms with van der Waals surface area (Å²) in [5, 5.41) is 2.45. The molecule has 0 aliphatic carbocycles. The van der Waals surface area contributed by atoms with Crippen LogP contribution in [0, 0.1) is 17.6 Å². The number of ether oxygens (including phenoxy) is 2. The van der Waals surface area contributed by atoms with Gasteiger partial charge in [0.15, 0.2) is 17.2 Å². The summed E-state index contributed by atoms with van der Waals surface area (Å²) in [5.41, 5.74) is -2.55. The maximum Gasteiger partial charge on any atom is 0.417 e. The minimum Gasteiger partial charge on any atom is -0.493 e. The topological polar surface area (TPSA) is 60.5 Å². The number of hydrogen-bond acceptors (Lipinski definition) is 4. The van der Waals surface area contributed by atoms with Crippen LogP contribution in [0.1, 0.15) is 25.3 Å². The number of halogens is 5. The highest BCUT2D eigenvalue weighted by molar-refractivity contribution is 5.95. The monoisotopic (exact) mass is 430 g/mol. The Labute approximate surface area is 169 Å². The molecule has 4 atom stereocenters. The van der Waals surface area contributed by atoms with Gasteiger partial charge in [0.05, 0.1) is 19.0 Å². The Morgan fingerprint density at radius 3 is 2.53 bits per heavy atom. The summed E-state index contributed by atoms with van der Waals surface area (Å²) >= 11 is 0. The van der Waals surface area contributed by atoms with Crippen LogP contribution in [-0.4, -0.2) is 35.9 Å². The van der Waals surface area contributed by atoms with E-state index in [2.05, 4.69) is 10.3 Å². The minimum atomic E-state index is -4.82. The second-order valence-electron chi connectivity index (χ2n) is 7.17. The first kappa shape index (κ1) is 21.9. The van der Waals surface area contributed by atoms with Crippen LogP contribution in [0.3, 0.4) is 0 Å². The summed E-state index contributed by atoms with van der Waals surface area (Å²) < 4.78 is 79.7. The molecule has 1 N–H and O–H groups in total. The molecular formula is C20H19F5N2O3. The molecule has 0 unspecified atom stereocenters. The number of nitrogens with one attached hydrogen (secondary N) is 1. The number of rotatable bonds is 4. The van der Waals surface area contributed by atoms with E-state index < -0.39 is 53.0 Å². The Balaban J connectivity index is 2.09. The lowest BCUT2D eigenvalue weighted by molar-refractivity contribution is -0.272. The lowest BCUT2D eigenvalue weighted by Crippen LogP contribution is -2.47. The summed E-state index contributed by atoms with van der Waals surface area (Å²) in [4.78, 5) is 16.7. The van der Waals surface area contributed by atoms with Gasteiger partial charge in [-0.25, -0.2) is 4.39 Å². The highest BCUT2D eigenvalue weighted by Gasteiger charge is 2.65. The molecule has 30 heavy (non-hydrogen) atoms. The fourth-order valence-corrected chi connectivity index (χ4v) is 3.69. The first-order chi connectivity index (χ1) is 14.0. The highest BCUT2D eigenvalue weighted by Crippen LogP contribution is 2.54. The van der Waals surface area contributed by atoms with Gasteiger partial charge in [0.25, 0.3) is 5.91 Å². The van der Waals surface area contributed by atoms with Crippen LogP contribution in [0.2, 0.25) is 0 Å². The van der Waals surface area contributed by atoms with Gasteiger partial charge < -0.3 is 14.8 Å². The fraction of sp³-hybridized carbons (Fsp3) is 0.400. The van der Waals surface area contributed by atoms with Crippen molar-refractivity contribution in [2.24, 2.45) is 5.92 Å². The van der Waals surface area contributed by atoms with Gasteiger partial charge in [-0.2, -0.15) is 17.6 Å². The molecular weight excluding hydrogens is 411 g/mol. The molecule has 1 aliphatic rings. The van der Waals surface area contributed by atoms with E-state index in [1.165, 1.54) is 31.5 Å². The maximum atomic E-state index is 14.3. The molecule has 1 aromatic heterocycles. The van der Waals surface area contributed by atoms with Gasteiger partial charge >= 0.3 is 6.18 Å². The van der Waals surface area contributed by atoms with Crippen molar-refractivity contribution in [2.45, 2.75) is 37.6 Å². The number of nitrogens with zero attached hydrogens (tertiary/aromatic N) is 1. The molecule has 1 fully saturated rings. The Hall–Kier alpha value is -2.75. The van der Waals surface area contributed by atoms with Gasteiger partial charge in [-0.15, -0.1) is 0 Å². The van der Waals surface area contributed by atoms with Crippen LogP contribution in [-0.2, 0) is 9.53 Å². The van der Waals surface area contributed by atoms with Gasteiger partial charge in [0.2, 0.25) is 5.82 Å². The average Bonchev–Trinajstić information content (AvgIpc) is 2.97. The Kier molecular flexibility index (Phi) is 5.72. The third kappa shape index (κ3) is 3.60. The van der Waals surface area contributed by atoms with Crippen molar-refractivity contribution in [1.29, 1.82) is 0 Å². The third-order valence-electron chi connectivity index (χ3n) is 5.50. The van der Waals surface area contributed by atoms with Crippen LogP contribution < -0.4 is 10.1 Å². The van der Waals surface area contributed by atoms with Gasteiger partial charge in [-0.1, -0.05) is 13.0 Å². The summed E-state index contributed by atoms with van der Waals surface area (Å²) in [6.07, 6.45) is -3.70. The van der Waals surface area contributed by atoms with E-state index in [0.29, 0.717) is 0 Å². The molecule has 0 spiro atoms. The standard InChI is InChI=1S/C20H19F5N2O3/c1-10-14(12-6-7-13(21)15(22)16(12)29-3)17(30-19(10,2)20(23,24)25)18(28)27-11-5-4-8-26-9-11/h4-10,14,17H,1-3H3,(H,27,28)/t10-,14-,17+,19+/m0/s1. The molecule has 162 valence electrons. The zero-order valence-corrected chi connectivity index (χ0v) is 16.3. The van der Waals surface area contributed by atoms with E-state index in [0.717, 1.165) is 26.2 Å². The molecule has 3 rings (SSSR count). The van der Waals surface area contributed by atoms with E-state index >= 15 is 0 Å². The quantitative estimate of drug-likeness (QED) is 0.729. The van der Waals surface area contributed by atoms with E-state index in [4.69, 9.17) is 9.47 Å². The summed E-state index contributed by atoms with van der Waals surface area (Å²) in [6, 6.07) is 4.91. The number of amides is 1. The van der Waals surface area contributed by atoms with Crippen molar-refractivity contribution in [3.8, 4) is 5.75 Å². The van der Waals surface area contributed by atoms with Gasteiger partial charge in [-0.3, -0.25) is 9.78 Å². The van der Waals surface area contributed by atoms with Gasteiger partial charge in [-0.05, 0) is 25.1 Å². The zero-order chi connectivity index (χ0) is 22.3. The number of methoxy groups -OCH3 is 1. The number of aromatic nitrogens is 1. The number of anilines is 1. The second kappa shape index (κ2) is 7.82. The first-order valence-electron chi connectivity index (χ1n) is 8.98. The summed E-state index contributed by atoms with van der Waals surface area (Å²) in [5.74, 6) is -6.61. The maximum absolute atomic E-state index is 14.3. The lowest BCUT2D eigenvalue weighted by atomic mass is 9.77. The van der Waals surface area contributed by atoms with Crippen molar-refractivity contribution in [3.05, 3.63) is 53.9 Å². The van der Waals surface area contributed by atoms with Crippen molar-refractivity contribution in [1.82, 2.24) is 4.98 Å². The molecule has 1 aliphatic heterocycles. The number of alkyl halides is 3. The molecule has 1 saturated heterocycles. The number of carbonyl (C=O) groups is 1. The molecule has 10 heteroatoms. The highest BCUT2D eigenvalue weighted by atomic mass is 19.4. The molecule has 2 heterocycles. The molecule has 5 nitrogen and oxygen atoms in total. The van der Waals surface area contributed by atoms with Crippen molar-refractivity contribution >= 4 is 11.6 Å². The molecule has 0 radical (unpaired) electrons. The third-order valence-corrected chi connectivity index (χ3v) is 5.50. The number of hydrogen-bond donors (Lipinski definition) is 1. The zero-order valence-electron chi connectivity index (χ0n) is 16.3. The van der Waals surface area contributed by atoms with Crippen molar-refractivity contribution in [3.63, 3.8) is 0 Å². The molecule has 1 aromatic carbocycles. The number of benzene rings is 1. The Morgan fingerprint density at radius 1 is 1.27 bits per heavy atom. The van der Waals surface area contributed by atoms with E-state index in [1.807, 2.05) is 0 Å². The van der Waals surface area contributed by atoms with Crippen LogP contribution in [0.5, 0.6) is 5.75 Å². The predicted octanol–water partition coefficient (Wildman–Crippen LogP) is 4.45. The molecule has 1 amide bonds. The van der Waals surface area contributed by atoms with Crippen molar-refractivity contribution < 1.29 is 36.2 Å². The molecule has 0 bridgehead atoms. The van der Waals surface area contributed by atoms with E-state index in [1.54, 1.807) is 0 Å². The van der Waals surface area contributed by atoms with Gasteiger partial charge in [0, 0.05) is 23.6 Å². The second-order valence-corrected chi connectivity index (χ2v) is 7.17. The van der Waals surface area contributed by atoms with Crippen molar-refractivity contribution in [2.75, 3.05) is 12.4 Å². The smallest absolute Gasteiger partial charge is 0.417 e. The molecule has 0 saturated carbocycles. The van der Waals surface area contributed by atoms with Crippen LogP contribution in [0.4, 0.5) is 27.6 Å². The normalized spacial score (nSPS) is 26.5. The fourth-order valence-electron chi connectivity index (χ4n) is 3.69. The SMILES string of the molecule is COc1c([C@H]2[C@H](C(=O)Nc3cccnc3)O[C@@](C)(C(F)(F)F)[C@H]2C)ccc(F)c1F. The Morgan fingerprint density at radius 2 is 1.97 bits per heavy atom. The summed E-state index contributed by atoms with van der Waals surface area (Å²) in [6.45, 7) is 2.07. The predicted molar refractivity (Wildman–Crippen MR) is 97.0 cm³/mol. The van der Waals surface area contributed by atoms with Gasteiger partial charge in [0.1, 0.15) is 6.10 Å². The lowest BCUT2D eigenvalue weighted by Gasteiger charge is -2.32. The number of carbonyl (C=O) groups excluding carboxylic acids is 1. The largest absolute Gasteiger partial charge is 0.493 e. The number of pyridine rings is 1. The first-order valence-corrected chi connectivity index (χ1v) is 8.98. The van der Waals surface area contributed by atoms with E-state index in [9.17, 15) is 26.7 Å². The van der Waals surface area contributed by atoms with E-state index in [-0.39, 0.29) is 11.3 Å². The van der Waals surface area contributed by atoms with Crippen LogP contribution >= 0.6 is 0 Å². The minimum absolute atomic E-state index is 0.0942.